The van der Waals surface area contributed by atoms with Crippen LogP contribution in [0.15, 0.2) is 43.4 Å². The van der Waals surface area contributed by atoms with E-state index in [2.05, 4.69) is 20.1 Å². The van der Waals surface area contributed by atoms with Crippen molar-refractivity contribution >= 4 is 0 Å². The molecular formula is C17H14F3N5. The number of rotatable bonds is 4. The molecule has 1 aliphatic rings. The number of nitrogens with zero attached hydrogens (tertiary/aromatic N) is 5. The van der Waals surface area contributed by atoms with Gasteiger partial charge >= 0.3 is 0 Å². The van der Waals surface area contributed by atoms with Gasteiger partial charge in [0.1, 0.15) is 30.6 Å². The topological polar surface area (TPSA) is 56.5 Å². The summed E-state index contributed by atoms with van der Waals surface area (Å²) in [5.74, 6) is -1.88. The van der Waals surface area contributed by atoms with E-state index < -0.39 is 28.3 Å². The fourth-order valence-electron chi connectivity index (χ4n) is 3.76. The maximum absolute atomic E-state index is 14.6. The van der Waals surface area contributed by atoms with E-state index in [1.165, 1.54) is 31.1 Å². The first-order valence-corrected chi connectivity index (χ1v) is 7.70. The van der Waals surface area contributed by atoms with Crippen molar-refractivity contribution < 1.29 is 13.2 Å². The van der Waals surface area contributed by atoms with E-state index in [0.717, 1.165) is 12.3 Å². The zero-order chi connectivity index (χ0) is 17.7. The number of halogens is 3. The van der Waals surface area contributed by atoms with Crippen LogP contribution in [0.3, 0.4) is 0 Å². The van der Waals surface area contributed by atoms with Gasteiger partial charge in [-0.1, -0.05) is 13.0 Å². The summed E-state index contributed by atoms with van der Waals surface area (Å²) < 4.78 is 43.8. The van der Waals surface area contributed by atoms with Crippen molar-refractivity contribution in [3.8, 4) is 0 Å². The molecule has 0 radical (unpaired) electrons. The summed E-state index contributed by atoms with van der Waals surface area (Å²) in [4.78, 5) is 11.7. The van der Waals surface area contributed by atoms with E-state index in [-0.39, 0.29) is 12.2 Å². The predicted octanol–water partition coefficient (Wildman–Crippen LogP) is 2.79. The molecule has 25 heavy (non-hydrogen) atoms. The van der Waals surface area contributed by atoms with Crippen molar-refractivity contribution in [2.45, 2.75) is 30.7 Å². The molecule has 0 aliphatic heterocycles. The Balaban J connectivity index is 1.86. The Kier molecular flexibility index (Phi) is 3.38. The maximum Gasteiger partial charge on any atom is 0.163 e. The van der Waals surface area contributed by atoms with E-state index in [1.54, 1.807) is 4.68 Å². The van der Waals surface area contributed by atoms with Crippen LogP contribution in [0.2, 0.25) is 0 Å². The van der Waals surface area contributed by atoms with Crippen LogP contribution in [0.4, 0.5) is 13.2 Å². The Hall–Kier alpha value is -2.77. The van der Waals surface area contributed by atoms with Crippen molar-refractivity contribution in [1.82, 2.24) is 24.7 Å². The van der Waals surface area contributed by atoms with Gasteiger partial charge in [0, 0.05) is 16.9 Å². The van der Waals surface area contributed by atoms with Crippen LogP contribution >= 0.6 is 0 Å². The summed E-state index contributed by atoms with van der Waals surface area (Å²) in [7, 11) is 0. The van der Waals surface area contributed by atoms with Gasteiger partial charge in [-0.05, 0) is 18.1 Å². The van der Waals surface area contributed by atoms with Crippen LogP contribution in [0.5, 0.6) is 0 Å². The molecule has 0 amide bonds. The molecule has 1 fully saturated rings. The molecule has 0 N–H and O–H groups in total. The van der Waals surface area contributed by atoms with Crippen molar-refractivity contribution in [3.05, 3.63) is 72.1 Å². The molecule has 5 nitrogen and oxygen atoms in total. The molecule has 0 spiro atoms. The van der Waals surface area contributed by atoms with E-state index in [4.69, 9.17) is 0 Å². The van der Waals surface area contributed by atoms with Crippen molar-refractivity contribution in [2.24, 2.45) is 0 Å². The van der Waals surface area contributed by atoms with Crippen molar-refractivity contribution in [2.75, 3.05) is 0 Å². The fourth-order valence-corrected chi connectivity index (χ4v) is 3.76. The Morgan fingerprint density at radius 1 is 1.12 bits per heavy atom. The summed E-state index contributed by atoms with van der Waals surface area (Å²) >= 11 is 0. The normalized spacial score (nSPS) is 25.1. The molecule has 2 heterocycles. The molecule has 1 saturated carbocycles. The highest BCUT2D eigenvalue weighted by Crippen LogP contribution is 2.66. The molecule has 8 heteroatoms. The highest BCUT2D eigenvalue weighted by molar-refractivity contribution is 5.47. The first-order valence-electron chi connectivity index (χ1n) is 7.70. The zero-order valence-electron chi connectivity index (χ0n) is 13.3. The molecule has 2 atom stereocenters. The molecule has 1 aliphatic carbocycles. The van der Waals surface area contributed by atoms with Gasteiger partial charge in [0.05, 0.1) is 18.4 Å². The van der Waals surface area contributed by atoms with E-state index in [1.807, 2.05) is 6.92 Å². The van der Waals surface area contributed by atoms with Crippen molar-refractivity contribution in [1.29, 1.82) is 0 Å². The van der Waals surface area contributed by atoms with Crippen LogP contribution < -0.4 is 0 Å². The Labute approximate surface area is 141 Å². The molecule has 2 aromatic heterocycles. The summed E-state index contributed by atoms with van der Waals surface area (Å²) in [5.41, 5.74) is -1.06. The van der Waals surface area contributed by atoms with Gasteiger partial charge in [0.15, 0.2) is 5.82 Å². The smallest absolute Gasteiger partial charge is 0.163 e. The van der Waals surface area contributed by atoms with Crippen LogP contribution in [-0.4, -0.2) is 24.7 Å². The molecular weight excluding hydrogens is 331 g/mol. The van der Waals surface area contributed by atoms with E-state index >= 15 is 0 Å². The Bertz CT molecular complexity index is 930. The van der Waals surface area contributed by atoms with Crippen LogP contribution in [0, 0.1) is 17.5 Å². The highest BCUT2D eigenvalue weighted by Gasteiger charge is 2.68. The molecule has 3 aromatic rings. The average molecular weight is 345 g/mol. The molecule has 0 bridgehead atoms. The first kappa shape index (κ1) is 15.7. The summed E-state index contributed by atoms with van der Waals surface area (Å²) in [6, 6.07) is 3.45. The third kappa shape index (κ3) is 2.32. The van der Waals surface area contributed by atoms with Crippen LogP contribution in [0.25, 0.3) is 0 Å². The van der Waals surface area contributed by atoms with Crippen LogP contribution in [0.1, 0.15) is 24.6 Å². The lowest BCUT2D eigenvalue weighted by atomic mass is 9.84. The number of benzene rings is 1. The number of aromatic nitrogens is 5. The number of hydrogen-bond acceptors (Lipinski definition) is 4. The Morgan fingerprint density at radius 3 is 2.64 bits per heavy atom. The lowest BCUT2D eigenvalue weighted by Crippen LogP contribution is -2.28. The molecule has 0 saturated heterocycles. The zero-order valence-corrected chi connectivity index (χ0v) is 13.3. The lowest BCUT2D eigenvalue weighted by Gasteiger charge is -2.24. The molecule has 1 unspecified atom stereocenters. The summed E-state index contributed by atoms with van der Waals surface area (Å²) in [6.07, 6.45) is 5.69. The fraction of sp³-hybridized carbons (Fsp3) is 0.294. The molecule has 4 rings (SSSR count). The average Bonchev–Trinajstić information content (AvgIpc) is 2.92. The second-order valence-corrected chi connectivity index (χ2v) is 6.53. The monoisotopic (exact) mass is 345 g/mol. The molecule has 128 valence electrons. The minimum atomic E-state index is -0.812. The Morgan fingerprint density at radius 2 is 1.96 bits per heavy atom. The van der Waals surface area contributed by atoms with Gasteiger partial charge in [0.25, 0.3) is 0 Å². The standard InChI is InChI=1S/C17H14F3N5/c1-16(15-14(20)5-21-8-23-15)6-17(16,7-25-10-22-9-24-25)12-3-2-11(18)4-13(12)19/h2-5,8-10H,6-7H2,1H3/t16?,17-/m1/s1. The van der Waals surface area contributed by atoms with Gasteiger partial charge < -0.3 is 0 Å². The second-order valence-electron chi connectivity index (χ2n) is 6.53. The van der Waals surface area contributed by atoms with Gasteiger partial charge in [-0.2, -0.15) is 5.10 Å². The minimum Gasteiger partial charge on any atom is -0.252 e. The minimum absolute atomic E-state index is 0.214. The SMILES string of the molecule is CC1(c2ncncc2F)C[C@@]1(Cn1cncn1)c1ccc(F)cc1F. The van der Waals surface area contributed by atoms with E-state index in [9.17, 15) is 13.2 Å². The second kappa shape index (κ2) is 5.37. The van der Waals surface area contributed by atoms with Gasteiger partial charge in [-0.3, -0.25) is 4.68 Å². The van der Waals surface area contributed by atoms with Gasteiger partial charge in [-0.15, -0.1) is 0 Å². The first-order chi connectivity index (χ1) is 12.0. The van der Waals surface area contributed by atoms with E-state index in [0.29, 0.717) is 12.0 Å². The summed E-state index contributed by atoms with van der Waals surface area (Å²) in [6.45, 7) is 2.09. The van der Waals surface area contributed by atoms with Crippen molar-refractivity contribution in [3.63, 3.8) is 0 Å². The highest BCUT2D eigenvalue weighted by atomic mass is 19.1. The third-order valence-corrected chi connectivity index (χ3v) is 5.12. The van der Waals surface area contributed by atoms with Crippen LogP contribution in [-0.2, 0) is 17.4 Å². The lowest BCUT2D eigenvalue weighted by molar-refractivity contribution is 0.417. The quantitative estimate of drug-likeness (QED) is 0.730. The van der Waals surface area contributed by atoms with Gasteiger partial charge in [0.2, 0.25) is 0 Å². The summed E-state index contributed by atoms with van der Waals surface area (Å²) in [5, 5.41) is 4.08. The maximum atomic E-state index is 14.6. The third-order valence-electron chi connectivity index (χ3n) is 5.12. The van der Waals surface area contributed by atoms with Gasteiger partial charge in [-0.25, -0.2) is 28.1 Å². The largest absolute Gasteiger partial charge is 0.252 e. The number of hydrogen-bond donors (Lipinski definition) is 0. The molecule has 1 aromatic carbocycles. The predicted molar refractivity (Wildman–Crippen MR) is 82.0 cm³/mol.